The van der Waals surface area contributed by atoms with Crippen LogP contribution in [0.4, 0.5) is 0 Å². The van der Waals surface area contributed by atoms with Gasteiger partial charge in [0, 0.05) is 24.3 Å². The second-order valence-electron chi connectivity index (χ2n) is 3.86. The molecule has 0 aliphatic heterocycles. The van der Waals surface area contributed by atoms with E-state index in [1.165, 1.54) is 10.1 Å². The lowest BCUT2D eigenvalue weighted by molar-refractivity contribution is -0.121. The first kappa shape index (κ1) is 12.1. The van der Waals surface area contributed by atoms with Crippen molar-refractivity contribution in [1.29, 1.82) is 0 Å². The van der Waals surface area contributed by atoms with Crippen LogP contribution in [0, 0.1) is 0 Å². The zero-order valence-corrected chi connectivity index (χ0v) is 10.3. The minimum absolute atomic E-state index is 0.00525. The number of carbonyl (C=O) groups is 1. The summed E-state index contributed by atoms with van der Waals surface area (Å²) in [7, 11) is 0. The third-order valence-corrected chi connectivity index (χ3v) is 3.61. The van der Waals surface area contributed by atoms with Gasteiger partial charge in [-0.15, -0.1) is 11.3 Å². The van der Waals surface area contributed by atoms with Gasteiger partial charge < -0.3 is 10.4 Å². The van der Waals surface area contributed by atoms with Gasteiger partial charge in [-0.1, -0.05) is 18.2 Å². The van der Waals surface area contributed by atoms with Crippen molar-refractivity contribution in [2.45, 2.75) is 19.4 Å². The molecule has 0 aliphatic carbocycles. The van der Waals surface area contributed by atoms with E-state index >= 15 is 0 Å². The van der Waals surface area contributed by atoms with Crippen LogP contribution in [-0.4, -0.2) is 17.6 Å². The van der Waals surface area contributed by atoms with Crippen molar-refractivity contribution in [2.24, 2.45) is 0 Å². The average molecular weight is 249 g/mol. The number of thiophene rings is 1. The number of rotatable bonds is 5. The van der Waals surface area contributed by atoms with Crippen molar-refractivity contribution in [2.75, 3.05) is 6.61 Å². The maximum absolute atomic E-state index is 11.4. The normalized spacial score (nSPS) is 10.6. The highest BCUT2D eigenvalue weighted by atomic mass is 32.1. The number of nitrogens with one attached hydrogen (secondary N) is 1. The van der Waals surface area contributed by atoms with Gasteiger partial charge in [0.05, 0.1) is 0 Å². The molecule has 17 heavy (non-hydrogen) atoms. The molecule has 2 rings (SSSR count). The Bertz CT molecular complexity index is 507. The molecule has 1 aromatic heterocycles. The molecule has 0 radical (unpaired) electrons. The Kier molecular flexibility index (Phi) is 4.12. The van der Waals surface area contributed by atoms with Gasteiger partial charge >= 0.3 is 0 Å². The Hall–Kier alpha value is -1.39. The van der Waals surface area contributed by atoms with Crippen LogP contribution < -0.4 is 5.32 Å². The summed E-state index contributed by atoms with van der Waals surface area (Å²) in [6.07, 6.45) is 0.911. The molecule has 2 N–H and O–H groups in total. The standard InChI is InChI=1S/C13H15NO2S/c15-7-3-6-13(16)14-8-10-9-17-12-5-2-1-4-11(10)12/h1-2,4-5,9,15H,3,6-8H2,(H,14,16). The van der Waals surface area contributed by atoms with Gasteiger partial charge in [-0.2, -0.15) is 0 Å². The highest BCUT2D eigenvalue weighted by Gasteiger charge is 2.05. The van der Waals surface area contributed by atoms with Crippen molar-refractivity contribution in [3.63, 3.8) is 0 Å². The van der Waals surface area contributed by atoms with Gasteiger partial charge in [0.2, 0.25) is 5.91 Å². The smallest absolute Gasteiger partial charge is 0.220 e. The summed E-state index contributed by atoms with van der Waals surface area (Å²) < 4.78 is 1.24. The van der Waals surface area contributed by atoms with Crippen molar-refractivity contribution >= 4 is 27.3 Å². The number of aliphatic hydroxyl groups is 1. The molecule has 0 unspecified atom stereocenters. The number of hydrogen-bond donors (Lipinski definition) is 2. The van der Waals surface area contributed by atoms with E-state index in [9.17, 15) is 4.79 Å². The first-order chi connectivity index (χ1) is 8.31. The van der Waals surface area contributed by atoms with E-state index < -0.39 is 0 Å². The summed E-state index contributed by atoms with van der Waals surface area (Å²) in [6.45, 7) is 0.628. The predicted octanol–water partition coefficient (Wildman–Crippen LogP) is 2.29. The molecule has 4 heteroatoms. The SMILES string of the molecule is O=C(CCCO)NCc1csc2ccccc12. The van der Waals surface area contributed by atoms with Crippen LogP contribution in [0.1, 0.15) is 18.4 Å². The Morgan fingerprint density at radius 2 is 2.18 bits per heavy atom. The van der Waals surface area contributed by atoms with Crippen molar-refractivity contribution in [1.82, 2.24) is 5.32 Å². The quantitative estimate of drug-likeness (QED) is 0.854. The highest BCUT2D eigenvalue weighted by molar-refractivity contribution is 7.17. The molecule has 2 aromatic rings. The Labute approximate surface area is 104 Å². The second kappa shape index (κ2) is 5.80. The first-order valence-electron chi connectivity index (χ1n) is 5.64. The number of hydrogen-bond acceptors (Lipinski definition) is 3. The summed E-state index contributed by atoms with van der Waals surface area (Å²) in [4.78, 5) is 11.4. The molecule has 1 amide bonds. The van der Waals surface area contributed by atoms with Gasteiger partial charge in [0.25, 0.3) is 0 Å². The number of amides is 1. The zero-order valence-electron chi connectivity index (χ0n) is 9.48. The van der Waals surface area contributed by atoms with E-state index in [2.05, 4.69) is 22.8 Å². The topological polar surface area (TPSA) is 49.3 Å². The predicted molar refractivity (Wildman–Crippen MR) is 70.0 cm³/mol. The van der Waals surface area contributed by atoms with Crippen LogP contribution in [0.25, 0.3) is 10.1 Å². The van der Waals surface area contributed by atoms with Crippen LogP contribution >= 0.6 is 11.3 Å². The van der Waals surface area contributed by atoms with E-state index in [0.717, 1.165) is 5.56 Å². The minimum Gasteiger partial charge on any atom is -0.396 e. The number of fused-ring (bicyclic) bond motifs is 1. The number of aliphatic hydroxyl groups excluding tert-OH is 1. The third-order valence-electron chi connectivity index (χ3n) is 2.60. The van der Waals surface area contributed by atoms with Gasteiger partial charge in [0.15, 0.2) is 0 Å². The highest BCUT2D eigenvalue weighted by Crippen LogP contribution is 2.25. The fraction of sp³-hybridized carbons (Fsp3) is 0.308. The van der Waals surface area contributed by atoms with Crippen LogP contribution in [0.5, 0.6) is 0 Å². The minimum atomic E-state index is -0.00525. The molecule has 3 nitrogen and oxygen atoms in total. The van der Waals surface area contributed by atoms with Crippen molar-refractivity contribution < 1.29 is 9.90 Å². The lowest BCUT2D eigenvalue weighted by Gasteiger charge is -2.03. The molecule has 0 atom stereocenters. The van der Waals surface area contributed by atoms with Crippen LogP contribution in [-0.2, 0) is 11.3 Å². The fourth-order valence-electron chi connectivity index (χ4n) is 1.69. The summed E-state index contributed by atoms with van der Waals surface area (Å²) in [5.41, 5.74) is 1.16. The zero-order chi connectivity index (χ0) is 12.1. The molecule has 0 saturated carbocycles. The first-order valence-corrected chi connectivity index (χ1v) is 6.52. The fourth-order valence-corrected chi connectivity index (χ4v) is 2.65. The average Bonchev–Trinajstić information content (AvgIpc) is 2.77. The molecule has 0 spiro atoms. The second-order valence-corrected chi connectivity index (χ2v) is 4.77. The van der Waals surface area contributed by atoms with Gasteiger partial charge in [-0.3, -0.25) is 4.79 Å². The molecule has 0 saturated heterocycles. The molecular formula is C13H15NO2S. The maximum atomic E-state index is 11.4. The Morgan fingerprint density at radius 1 is 1.35 bits per heavy atom. The summed E-state index contributed by atoms with van der Waals surface area (Å²) in [5, 5.41) is 14.8. The number of carbonyl (C=O) groups excluding carboxylic acids is 1. The van der Waals surface area contributed by atoms with E-state index in [4.69, 9.17) is 5.11 Å². The van der Waals surface area contributed by atoms with Crippen molar-refractivity contribution in [3.05, 3.63) is 35.2 Å². The van der Waals surface area contributed by atoms with E-state index in [-0.39, 0.29) is 12.5 Å². The molecule has 1 aromatic carbocycles. The molecule has 0 bridgehead atoms. The van der Waals surface area contributed by atoms with E-state index in [0.29, 0.717) is 19.4 Å². The maximum Gasteiger partial charge on any atom is 0.220 e. The lowest BCUT2D eigenvalue weighted by atomic mass is 10.2. The number of benzene rings is 1. The van der Waals surface area contributed by atoms with E-state index in [1.807, 2.05) is 12.1 Å². The van der Waals surface area contributed by atoms with Gasteiger partial charge in [-0.25, -0.2) is 0 Å². The lowest BCUT2D eigenvalue weighted by Crippen LogP contribution is -2.22. The molecule has 1 heterocycles. The van der Waals surface area contributed by atoms with Crippen LogP contribution in [0.15, 0.2) is 29.6 Å². The summed E-state index contributed by atoms with van der Waals surface area (Å²) >= 11 is 1.69. The molecule has 0 aliphatic rings. The van der Waals surface area contributed by atoms with Crippen LogP contribution in [0.2, 0.25) is 0 Å². The summed E-state index contributed by atoms with van der Waals surface area (Å²) in [5.74, 6) is -0.00525. The molecular weight excluding hydrogens is 234 g/mol. The van der Waals surface area contributed by atoms with Crippen LogP contribution in [0.3, 0.4) is 0 Å². The van der Waals surface area contributed by atoms with Crippen molar-refractivity contribution in [3.8, 4) is 0 Å². The van der Waals surface area contributed by atoms with Gasteiger partial charge in [-0.05, 0) is 28.8 Å². The molecule has 90 valence electrons. The largest absolute Gasteiger partial charge is 0.396 e. The Balaban J connectivity index is 1.97. The third kappa shape index (κ3) is 3.05. The van der Waals surface area contributed by atoms with Gasteiger partial charge in [0.1, 0.15) is 0 Å². The monoisotopic (exact) mass is 249 g/mol. The Morgan fingerprint density at radius 3 is 3.00 bits per heavy atom. The van der Waals surface area contributed by atoms with E-state index in [1.54, 1.807) is 11.3 Å². The molecule has 0 fully saturated rings. The summed E-state index contributed by atoms with van der Waals surface area (Å²) in [6, 6.07) is 8.17.